The smallest absolute Gasteiger partial charge is 0.0421 e. The molecule has 0 aliphatic rings. The average Bonchev–Trinajstić information content (AvgIpc) is 2.20. The summed E-state index contributed by atoms with van der Waals surface area (Å²) in [5.74, 6) is 0.692. The average molecular weight is 228 g/mol. The van der Waals surface area contributed by atoms with Gasteiger partial charge in [-0.05, 0) is 38.8 Å². The van der Waals surface area contributed by atoms with Crippen LogP contribution < -0.4 is 5.32 Å². The molecule has 0 bridgehead atoms. The largest absolute Gasteiger partial charge is 0.317 e. The Balaban J connectivity index is 3.58. The summed E-state index contributed by atoms with van der Waals surface area (Å²) in [6.07, 6.45) is 4.22. The second-order valence-corrected chi connectivity index (χ2v) is 4.77. The number of nitrogens with zero attached hydrogens (tertiary/aromatic N) is 1. The third kappa shape index (κ3) is 10.1. The molecule has 0 aliphatic heterocycles. The van der Waals surface area contributed by atoms with E-state index in [4.69, 9.17) is 0 Å². The minimum Gasteiger partial charge on any atom is -0.317 e. The molecular formula is C13H28N2O. The van der Waals surface area contributed by atoms with Crippen molar-refractivity contribution >= 4 is 0 Å². The fraction of sp³-hybridized carbons (Fsp3) is 0.846. The Morgan fingerprint density at radius 3 is 2.69 bits per heavy atom. The van der Waals surface area contributed by atoms with E-state index in [1.54, 1.807) is 0 Å². The molecule has 0 amide bonds. The molecule has 0 fully saturated rings. The zero-order valence-electron chi connectivity index (χ0n) is 11.3. The molecule has 0 radical (unpaired) electrons. The van der Waals surface area contributed by atoms with Crippen LogP contribution in [0.5, 0.6) is 0 Å². The molecule has 0 rings (SSSR count). The summed E-state index contributed by atoms with van der Waals surface area (Å²) in [7, 11) is 0. The molecule has 0 aromatic carbocycles. The van der Waals surface area contributed by atoms with Gasteiger partial charge in [-0.25, -0.2) is 0 Å². The van der Waals surface area contributed by atoms with E-state index in [9.17, 15) is 5.21 Å². The van der Waals surface area contributed by atoms with Gasteiger partial charge in [-0.15, -0.1) is 0 Å². The van der Waals surface area contributed by atoms with Gasteiger partial charge in [0.15, 0.2) is 0 Å². The van der Waals surface area contributed by atoms with Crippen molar-refractivity contribution in [2.24, 2.45) is 5.92 Å². The molecule has 0 spiro atoms. The zero-order chi connectivity index (χ0) is 12.4. The SMILES string of the molecule is CCNCCCN(O)CC=C(C)CC(C)C. The summed E-state index contributed by atoms with van der Waals surface area (Å²) in [5, 5.41) is 14.2. The Kier molecular flexibility index (Phi) is 9.59. The molecule has 96 valence electrons. The lowest BCUT2D eigenvalue weighted by Crippen LogP contribution is -2.24. The topological polar surface area (TPSA) is 35.5 Å². The van der Waals surface area contributed by atoms with E-state index < -0.39 is 0 Å². The van der Waals surface area contributed by atoms with E-state index >= 15 is 0 Å². The van der Waals surface area contributed by atoms with Crippen molar-refractivity contribution in [2.45, 2.75) is 40.5 Å². The van der Waals surface area contributed by atoms with Gasteiger partial charge in [0.2, 0.25) is 0 Å². The number of hydrogen-bond acceptors (Lipinski definition) is 3. The minimum absolute atomic E-state index is 0.644. The van der Waals surface area contributed by atoms with Crippen LogP contribution in [-0.2, 0) is 0 Å². The Labute approximate surface area is 100 Å². The maximum absolute atomic E-state index is 9.59. The van der Waals surface area contributed by atoms with Crippen LogP contribution in [0.1, 0.15) is 40.5 Å². The summed E-state index contributed by atoms with van der Waals surface area (Å²) in [6, 6.07) is 0. The van der Waals surface area contributed by atoms with Crippen molar-refractivity contribution < 1.29 is 5.21 Å². The van der Waals surface area contributed by atoms with Gasteiger partial charge >= 0.3 is 0 Å². The van der Waals surface area contributed by atoms with E-state index in [-0.39, 0.29) is 0 Å². The van der Waals surface area contributed by atoms with Crippen LogP contribution in [0.15, 0.2) is 11.6 Å². The Bertz CT molecular complexity index is 190. The summed E-state index contributed by atoms with van der Waals surface area (Å²) in [4.78, 5) is 0. The van der Waals surface area contributed by atoms with E-state index in [0.717, 1.165) is 32.5 Å². The fourth-order valence-corrected chi connectivity index (χ4v) is 1.64. The lowest BCUT2D eigenvalue weighted by molar-refractivity contribution is -0.0806. The number of hydrogen-bond donors (Lipinski definition) is 2. The number of allylic oxidation sites excluding steroid dienone is 1. The lowest BCUT2D eigenvalue weighted by atomic mass is 10.0. The maximum Gasteiger partial charge on any atom is 0.0421 e. The molecule has 0 aliphatic carbocycles. The van der Waals surface area contributed by atoms with Crippen molar-refractivity contribution in [2.75, 3.05) is 26.2 Å². The van der Waals surface area contributed by atoms with Crippen molar-refractivity contribution in [3.8, 4) is 0 Å². The summed E-state index contributed by atoms with van der Waals surface area (Å²) in [5.41, 5.74) is 1.36. The van der Waals surface area contributed by atoms with Crippen LogP contribution in [0.25, 0.3) is 0 Å². The minimum atomic E-state index is 0.644. The van der Waals surface area contributed by atoms with Crippen LogP contribution in [-0.4, -0.2) is 36.4 Å². The van der Waals surface area contributed by atoms with Crippen LogP contribution in [0.4, 0.5) is 0 Å². The summed E-state index contributed by atoms with van der Waals surface area (Å²) in [6.45, 7) is 12.0. The monoisotopic (exact) mass is 228 g/mol. The molecule has 16 heavy (non-hydrogen) atoms. The summed E-state index contributed by atoms with van der Waals surface area (Å²) >= 11 is 0. The molecule has 3 nitrogen and oxygen atoms in total. The van der Waals surface area contributed by atoms with E-state index in [0.29, 0.717) is 12.5 Å². The van der Waals surface area contributed by atoms with Gasteiger partial charge in [0.25, 0.3) is 0 Å². The first kappa shape index (κ1) is 15.6. The van der Waals surface area contributed by atoms with Crippen molar-refractivity contribution in [1.29, 1.82) is 0 Å². The number of hydroxylamine groups is 2. The highest BCUT2D eigenvalue weighted by molar-refractivity contribution is 4.99. The van der Waals surface area contributed by atoms with Crippen LogP contribution in [0.2, 0.25) is 0 Å². The molecule has 0 saturated carbocycles. The van der Waals surface area contributed by atoms with Gasteiger partial charge in [-0.3, -0.25) is 0 Å². The predicted molar refractivity (Wildman–Crippen MR) is 69.7 cm³/mol. The molecule has 3 heteroatoms. The molecule has 0 saturated heterocycles. The first-order valence-corrected chi connectivity index (χ1v) is 6.36. The van der Waals surface area contributed by atoms with Gasteiger partial charge in [0.1, 0.15) is 0 Å². The predicted octanol–water partition coefficient (Wildman–Crippen LogP) is 2.67. The number of rotatable bonds is 9. The molecular weight excluding hydrogens is 200 g/mol. The second kappa shape index (κ2) is 9.82. The zero-order valence-corrected chi connectivity index (χ0v) is 11.3. The van der Waals surface area contributed by atoms with Gasteiger partial charge in [-0.2, -0.15) is 5.06 Å². The maximum atomic E-state index is 9.59. The Morgan fingerprint density at radius 1 is 1.44 bits per heavy atom. The summed E-state index contributed by atoms with van der Waals surface area (Å²) < 4.78 is 0. The molecule has 0 aromatic heterocycles. The molecule has 0 atom stereocenters. The molecule has 2 N–H and O–H groups in total. The molecule has 0 heterocycles. The van der Waals surface area contributed by atoms with Crippen molar-refractivity contribution in [3.05, 3.63) is 11.6 Å². The van der Waals surface area contributed by atoms with Crippen molar-refractivity contribution in [3.63, 3.8) is 0 Å². The Hall–Kier alpha value is -0.380. The van der Waals surface area contributed by atoms with Gasteiger partial charge < -0.3 is 10.5 Å². The van der Waals surface area contributed by atoms with Crippen molar-refractivity contribution in [1.82, 2.24) is 10.4 Å². The lowest BCUT2D eigenvalue weighted by Gasteiger charge is -2.13. The first-order valence-electron chi connectivity index (χ1n) is 6.36. The second-order valence-electron chi connectivity index (χ2n) is 4.77. The van der Waals surface area contributed by atoms with Gasteiger partial charge in [0.05, 0.1) is 0 Å². The molecule has 0 unspecified atom stereocenters. The third-order valence-corrected chi connectivity index (χ3v) is 2.40. The number of nitrogens with one attached hydrogen (secondary N) is 1. The standard InChI is InChI=1S/C13H28N2O/c1-5-14-8-6-9-15(16)10-7-13(4)11-12(2)3/h7,12,14,16H,5-6,8-11H2,1-4H3. The van der Waals surface area contributed by atoms with Crippen LogP contribution >= 0.6 is 0 Å². The fourth-order valence-electron chi connectivity index (χ4n) is 1.64. The highest BCUT2D eigenvalue weighted by Crippen LogP contribution is 2.09. The van der Waals surface area contributed by atoms with E-state index in [1.165, 1.54) is 10.6 Å². The van der Waals surface area contributed by atoms with Crippen LogP contribution in [0.3, 0.4) is 0 Å². The van der Waals surface area contributed by atoms with Gasteiger partial charge in [-0.1, -0.05) is 32.4 Å². The highest BCUT2D eigenvalue weighted by atomic mass is 16.5. The normalized spacial score (nSPS) is 12.8. The molecule has 0 aromatic rings. The van der Waals surface area contributed by atoms with Crippen LogP contribution in [0, 0.1) is 5.92 Å². The highest BCUT2D eigenvalue weighted by Gasteiger charge is 1.99. The first-order chi connectivity index (χ1) is 7.56. The quantitative estimate of drug-likeness (QED) is 0.362. The van der Waals surface area contributed by atoms with Gasteiger partial charge in [0, 0.05) is 13.1 Å². The third-order valence-electron chi connectivity index (χ3n) is 2.40. The Morgan fingerprint density at radius 2 is 2.12 bits per heavy atom. The van der Waals surface area contributed by atoms with E-state index in [2.05, 4.69) is 39.1 Å². The van der Waals surface area contributed by atoms with E-state index in [1.807, 2.05) is 0 Å².